The minimum atomic E-state index is -0.311. The first-order chi connectivity index (χ1) is 22.3. The van der Waals surface area contributed by atoms with Gasteiger partial charge in [-0.3, -0.25) is 14.5 Å². The molecule has 2 aliphatic heterocycles. The van der Waals surface area contributed by atoms with Gasteiger partial charge in [-0.25, -0.2) is 0 Å². The van der Waals surface area contributed by atoms with Gasteiger partial charge in [-0.15, -0.1) is 0 Å². The summed E-state index contributed by atoms with van der Waals surface area (Å²) in [5.41, 5.74) is 1.63. The Morgan fingerprint density at radius 2 is 1.04 bits per heavy atom. The molecule has 2 aromatic rings. The fourth-order valence-corrected chi connectivity index (χ4v) is 7.60. The monoisotopic (exact) mass is 666 g/mol. The second-order valence-electron chi connectivity index (χ2n) is 16.3. The van der Waals surface area contributed by atoms with E-state index < -0.39 is 0 Å². The smallest absolute Gasteiger partial charge is 0.306 e. The maximum atomic E-state index is 12.1. The van der Waals surface area contributed by atoms with Gasteiger partial charge in [0, 0.05) is 48.0 Å². The van der Waals surface area contributed by atoms with Crippen molar-refractivity contribution in [2.24, 2.45) is 5.92 Å². The minimum Gasteiger partial charge on any atom is -0.462 e. The molecule has 3 atom stereocenters. The second kappa shape index (κ2) is 16.4. The molecule has 4 rings (SSSR count). The Bertz CT molecular complexity index is 1260. The van der Waals surface area contributed by atoms with Crippen LogP contribution in [0.5, 0.6) is 0 Å². The first-order valence-corrected chi connectivity index (χ1v) is 17.5. The Hall–Kier alpha value is -2.62. The van der Waals surface area contributed by atoms with Crippen LogP contribution in [0.3, 0.4) is 0 Å². The zero-order valence-electron chi connectivity index (χ0n) is 31.6. The van der Waals surface area contributed by atoms with E-state index in [2.05, 4.69) is 116 Å². The van der Waals surface area contributed by atoms with Gasteiger partial charge in [0.25, 0.3) is 0 Å². The third-order valence-electron chi connectivity index (χ3n) is 9.53. The van der Waals surface area contributed by atoms with Crippen molar-refractivity contribution in [3.63, 3.8) is 0 Å². The molecule has 2 aromatic carbocycles. The number of hydroxylamine groups is 4. The summed E-state index contributed by atoms with van der Waals surface area (Å²) < 4.78 is 11.3. The van der Waals surface area contributed by atoms with Crippen molar-refractivity contribution in [3.05, 3.63) is 71.8 Å². The van der Waals surface area contributed by atoms with Crippen molar-refractivity contribution in [2.75, 3.05) is 7.11 Å². The number of hydrogen-bond donors (Lipinski definition) is 0. The molecule has 8 nitrogen and oxygen atoms in total. The van der Waals surface area contributed by atoms with Crippen LogP contribution in [0.4, 0.5) is 0 Å². The number of rotatable bonds is 11. The summed E-state index contributed by atoms with van der Waals surface area (Å²) in [6.45, 7) is 23.3. The lowest BCUT2D eigenvalue weighted by atomic mass is 9.80. The SMILES string of the molecule is CC(C=O)CC(=O)OC1CC(C)(C)N(OC(C)c2ccccc2)C(C)(C)C1.COC1CC(C)(C)N(OC(C)c2ccccc2)C(C)(C)C1. The molecule has 0 bridgehead atoms. The lowest BCUT2D eigenvalue weighted by molar-refractivity contribution is -0.314. The van der Waals surface area contributed by atoms with Crippen LogP contribution in [-0.2, 0) is 28.7 Å². The maximum absolute atomic E-state index is 12.1. The molecule has 3 unspecified atom stereocenters. The van der Waals surface area contributed by atoms with Crippen molar-refractivity contribution >= 4 is 12.3 Å². The van der Waals surface area contributed by atoms with E-state index in [1.54, 1.807) is 14.0 Å². The molecule has 0 amide bonds. The Morgan fingerprint density at radius 3 is 1.38 bits per heavy atom. The van der Waals surface area contributed by atoms with E-state index in [1.165, 1.54) is 5.56 Å². The molecular formula is C40H62N2O6. The van der Waals surface area contributed by atoms with Gasteiger partial charge in [0.05, 0.1) is 12.5 Å². The predicted molar refractivity (Wildman–Crippen MR) is 191 cm³/mol. The van der Waals surface area contributed by atoms with Crippen LogP contribution in [-0.4, -0.2) is 63.9 Å². The largest absolute Gasteiger partial charge is 0.462 e. The Kier molecular flexibility index (Phi) is 13.6. The summed E-state index contributed by atoms with van der Waals surface area (Å²) in [7, 11) is 1.81. The van der Waals surface area contributed by atoms with E-state index in [9.17, 15) is 9.59 Å². The second-order valence-corrected chi connectivity index (χ2v) is 16.3. The highest BCUT2D eigenvalue weighted by atomic mass is 16.7. The Morgan fingerprint density at radius 1 is 0.688 bits per heavy atom. The molecular weight excluding hydrogens is 604 g/mol. The lowest BCUT2D eigenvalue weighted by Crippen LogP contribution is -2.62. The average molecular weight is 667 g/mol. The molecule has 2 aliphatic rings. The number of methoxy groups -OCH3 is 1. The van der Waals surface area contributed by atoms with Gasteiger partial charge in [-0.1, -0.05) is 67.6 Å². The van der Waals surface area contributed by atoms with Gasteiger partial charge in [0.2, 0.25) is 0 Å². The van der Waals surface area contributed by atoms with Gasteiger partial charge in [0.15, 0.2) is 0 Å². The number of esters is 1. The van der Waals surface area contributed by atoms with Gasteiger partial charge in [-0.2, -0.15) is 10.1 Å². The minimum absolute atomic E-state index is 0.0452. The summed E-state index contributed by atoms with van der Waals surface area (Å²) in [6.07, 6.45) is 4.32. The number of benzene rings is 2. The molecule has 0 radical (unpaired) electrons. The number of aldehydes is 1. The fourth-order valence-electron chi connectivity index (χ4n) is 7.60. The van der Waals surface area contributed by atoms with E-state index in [0.29, 0.717) is 18.9 Å². The maximum Gasteiger partial charge on any atom is 0.306 e. The fraction of sp³-hybridized carbons (Fsp3) is 0.650. The van der Waals surface area contributed by atoms with Crippen LogP contribution in [0.25, 0.3) is 0 Å². The summed E-state index contributed by atoms with van der Waals surface area (Å²) in [4.78, 5) is 35.7. The molecule has 268 valence electrons. The number of carbonyl (C=O) groups is 2. The number of ether oxygens (including phenoxy) is 2. The Balaban J connectivity index is 0.000000269. The third kappa shape index (κ3) is 10.7. The Labute approximate surface area is 290 Å². The molecule has 0 N–H and O–H groups in total. The van der Waals surface area contributed by atoms with E-state index >= 15 is 0 Å². The van der Waals surface area contributed by atoms with Crippen molar-refractivity contribution in [3.8, 4) is 0 Å². The highest BCUT2D eigenvalue weighted by Crippen LogP contribution is 2.43. The van der Waals surface area contributed by atoms with Crippen molar-refractivity contribution in [1.29, 1.82) is 0 Å². The average Bonchev–Trinajstić information content (AvgIpc) is 3.00. The summed E-state index contributed by atoms with van der Waals surface area (Å²) in [6, 6.07) is 20.5. The normalized spacial score (nSPS) is 22.8. The van der Waals surface area contributed by atoms with Gasteiger partial charge >= 0.3 is 5.97 Å². The summed E-state index contributed by atoms with van der Waals surface area (Å²) in [5, 5.41) is 4.25. The van der Waals surface area contributed by atoms with Crippen LogP contribution in [0.1, 0.15) is 132 Å². The zero-order valence-corrected chi connectivity index (χ0v) is 31.6. The van der Waals surface area contributed by atoms with E-state index in [-0.39, 0.29) is 58.8 Å². The molecule has 0 aromatic heterocycles. The number of hydrogen-bond acceptors (Lipinski definition) is 8. The van der Waals surface area contributed by atoms with Crippen LogP contribution < -0.4 is 0 Å². The first-order valence-electron chi connectivity index (χ1n) is 17.5. The first kappa shape index (κ1) is 39.8. The highest BCUT2D eigenvalue weighted by molar-refractivity contribution is 5.73. The van der Waals surface area contributed by atoms with Crippen LogP contribution >= 0.6 is 0 Å². The molecule has 2 saturated heterocycles. The third-order valence-corrected chi connectivity index (χ3v) is 9.53. The van der Waals surface area contributed by atoms with E-state index in [4.69, 9.17) is 19.1 Å². The molecule has 2 fully saturated rings. The molecule has 0 saturated carbocycles. The highest BCUT2D eigenvalue weighted by Gasteiger charge is 2.49. The molecule has 2 heterocycles. The van der Waals surface area contributed by atoms with Crippen molar-refractivity contribution in [1.82, 2.24) is 10.1 Å². The van der Waals surface area contributed by atoms with Gasteiger partial charge < -0.3 is 14.3 Å². The molecule has 48 heavy (non-hydrogen) atoms. The summed E-state index contributed by atoms with van der Waals surface area (Å²) in [5.74, 6) is -0.619. The zero-order chi connectivity index (χ0) is 35.9. The standard InChI is InChI=1S/C22H33NO4.C18H29NO2/c1-16(15-24)12-20(25)26-19-13-21(3,4)23(22(5,6)14-19)27-17(2)18-10-8-7-9-11-18;1-14(15-10-8-7-9-11-15)21-19-17(2,3)12-16(20-6)13-18(19,4)5/h7-11,15-17,19H,12-14H2,1-6H3;7-11,14,16H,12-13H2,1-6H3. The molecule has 0 spiro atoms. The summed E-state index contributed by atoms with van der Waals surface area (Å²) >= 11 is 0. The van der Waals surface area contributed by atoms with E-state index in [0.717, 1.165) is 24.7 Å². The quantitative estimate of drug-likeness (QED) is 0.174. The van der Waals surface area contributed by atoms with E-state index in [1.807, 2.05) is 24.3 Å². The van der Waals surface area contributed by atoms with Crippen molar-refractivity contribution < 1.29 is 28.7 Å². The lowest BCUT2D eigenvalue weighted by Gasteiger charge is -2.54. The van der Waals surface area contributed by atoms with Crippen molar-refractivity contribution in [2.45, 2.75) is 155 Å². The molecule has 0 aliphatic carbocycles. The van der Waals surface area contributed by atoms with Crippen LogP contribution in [0.15, 0.2) is 60.7 Å². The number of piperidine rings is 2. The van der Waals surface area contributed by atoms with Crippen LogP contribution in [0.2, 0.25) is 0 Å². The van der Waals surface area contributed by atoms with Gasteiger partial charge in [0.1, 0.15) is 24.6 Å². The van der Waals surface area contributed by atoms with Crippen LogP contribution in [0, 0.1) is 5.92 Å². The topological polar surface area (TPSA) is 77.5 Å². The molecule has 8 heteroatoms. The number of carbonyl (C=O) groups excluding carboxylic acids is 2. The number of nitrogens with zero attached hydrogens (tertiary/aromatic N) is 2. The van der Waals surface area contributed by atoms with Gasteiger partial charge in [-0.05, 0) is 93.2 Å². The predicted octanol–water partition coefficient (Wildman–Crippen LogP) is 8.82.